The van der Waals surface area contributed by atoms with Crippen molar-refractivity contribution in [3.63, 3.8) is 0 Å². The Labute approximate surface area is 172 Å². The highest BCUT2D eigenvalue weighted by Gasteiger charge is 2.07. The molecule has 0 aliphatic carbocycles. The Morgan fingerprint density at radius 3 is 2.61 bits per heavy atom. The van der Waals surface area contributed by atoms with Crippen LogP contribution in [0.25, 0.3) is 0 Å². The fourth-order valence-electron chi connectivity index (χ4n) is 2.44. The molecule has 1 amide bonds. The average molecular weight is 439 g/mol. The maximum absolute atomic E-state index is 12.1. The number of nitrogens with zero attached hydrogens (tertiary/aromatic N) is 1. The number of hydrogen-bond donors (Lipinski definition) is 1. The third-order valence-electron chi connectivity index (χ3n) is 3.80. The molecular weight excluding hydrogens is 420 g/mol. The molecule has 0 heterocycles. The fourth-order valence-corrected chi connectivity index (χ4v) is 2.83. The molecule has 0 aliphatic heterocycles. The summed E-state index contributed by atoms with van der Waals surface area (Å²) >= 11 is 3.43. The van der Waals surface area contributed by atoms with E-state index in [1.807, 2.05) is 48.5 Å². The molecule has 0 bridgehead atoms. The zero-order chi connectivity index (χ0) is 19.8. The van der Waals surface area contributed by atoms with Crippen LogP contribution in [-0.2, 0) is 4.79 Å². The van der Waals surface area contributed by atoms with Gasteiger partial charge in [0, 0.05) is 10.7 Å². The van der Waals surface area contributed by atoms with Gasteiger partial charge in [0.25, 0.3) is 5.91 Å². The lowest BCUT2D eigenvalue weighted by atomic mass is 10.2. The summed E-state index contributed by atoms with van der Waals surface area (Å²) in [5.74, 6) is 0.949. The highest BCUT2D eigenvalue weighted by molar-refractivity contribution is 9.10. The van der Waals surface area contributed by atoms with E-state index < -0.39 is 0 Å². The van der Waals surface area contributed by atoms with Gasteiger partial charge in [0.15, 0.2) is 6.61 Å². The Kier molecular flexibility index (Phi) is 6.81. The Balaban J connectivity index is 1.53. The van der Waals surface area contributed by atoms with E-state index in [9.17, 15) is 4.79 Å². The summed E-state index contributed by atoms with van der Waals surface area (Å²) in [6, 6.07) is 22.4. The van der Waals surface area contributed by atoms with Crippen molar-refractivity contribution >= 4 is 39.4 Å². The molecule has 3 aromatic carbocycles. The van der Waals surface area contributed by atoms with Crippen molar-refractivity contribution in [2.45, 2.75) is 0 Å². The van der Waals surface area contributed by atoms with E-state index in [0.717, 1.165) is 15.7 Å². The molecule has 142 valence electrons. The number of aliphatic imine (C=N–C) groups is 1. The van der Waals surface area contributed by atoms with Crippen molar-refractivity contribution in [2.75, 3.05) is 19.0 Å². The van der Waals surface area contributed by atoms with E-state index in [2.05, 4.69) is 26.2 Å². The number of halogens is 1. The van der Waals surface area contributed by atoms with Crippen molar-refractivity contribution < 1.29 is 14.3 Å². The van der Waals surface area contributed by atoms with E-state index in [1.165, 1.54) is 0 Å². The van der Waals surface area contributed by atoms with E-state index in [1.54, 1.807) is 37.6 Å². The molecule has 0 unspecified atom stereocenters. The van der Waals surface area contributed by atoms with Crippen LogP contribution in [0.3, 0.4) is 0 Å². The molecule has 28 heavy (non-hydrogen) atoms. The Bertz CT molecular complexity index is 972. The van der Waals surface area contributed by atoms with Crippen molar-refractivity contribution in [2.24, 2.45) is 4.99 Å². The van der Waals surface area contributed by atoms with Crippen LogP contribution in [0, 0.1) is 0 Å². The van der Waals surface area contributed by atoms with Crippen LogP contribution < -0.4 is 14.8 Å². The fraction of sp³-hybridized carbons (Fsp3) is 0.0909. The van der Waals surface area contributed by atoms with Crippen molar-refractivity contribution in [3.05, 3.63) is 82.8 Å². The highest BCUT2D eigenvalue weighted by Crippen LogP contribution is 2.23. The number of carbonyl (C=O) groups is 1. The van der Waals surface area contributed by atoms with Crippen LogP contribution in [0.15, 0.2) is 82.3 Å². The predicted molar refractivity (Wildman–Crippen MR) is 115 cm³/mol. The SMILES string of the molecule is COc1ccccc1NC(=O)COc1ccc(C=Nc2cccc(Br)c2)cc1. The Morgan fingerprint density at radius 2 is 1.86 bits per heavy atom. The Morgan fingerprint density at radius 1 is 1.07 bits per heavy atom. The number of benzene rings is 3. The molecule has 0 saturated heterocycles. The minimum Gasteiger partial charge on any atom is -0.495 e. The number of carbonyl (C=O) groups excluding carboxylic acids is 1. The third-order valence-corrected chi connectivity index (χ3v) is 4.30. The molecule has 0 spiro atoms. The highest BCUT2D eigenvalue weighted by atomic mass is 79.9. The summed E-state index contributed by atoms with van der Waals surface area (Å²) in [5.41, 5.74) is 2.41. The third kappa shape index (κ3) is 5.69. The zero-order valence-corrected chi connectivity index (χ0v) is 16.8. The maximum Gasteiger partial charge on any atom is 0.262 e. The second-order valence-corrected chi connectivity index (χ2v) is 6.76. The number of para-hydroxylation sites is 2. The Hall–Kier alpha value is -3.12. The first-order valence-corrected chi connectivity index (χ1v) is 9.39. The number of methoxy groups -OCH3 is 1. The number of rotatable bonds is 7. The molecular formula is C22H19BrN2O3. The van der Waals surface area contributed by atoms with Gasteiger partial charge in [-0.1, -0.05) is 34.1 Å². The molecule has 5 nitrogen and oxygen atoms in total. The summed E-state index contributed by atoms with van der Waals surface area (Å²) in [5, 5.41) is 2.77. The lowest BCUT2D eigenvalue weighted by molar-refractivity contribution is -0.118. The molecule has 1 N–H and O–H groups in total. The van der Waals surface area contributed by atoms with Crippen LogP contribution in [-0.4, -0.2) is 25.8 Å². The predicted octanol–water partition coefficient (Wildman–Crippen LogP) is 5.23. The van der Waals surface area contributed by atoms with Gasteiger partial charge >= 0.3 is 0 Å². The van der Waals surface area contributed by atoms with Gasteiger partial charge in [-0.15, -0.1) is 0 Å². The molecule has 3 rings (SSSR count). The minimum atomic E-state index is -0.259. The van der Waals surface area contributed by atoms with Crippen LogP contribution in [0.5, 0.6) is 11.5 Å². The first kappa shape index (κ1) is 19.6. The smallest absolute Gasteiger partial charge is 0.262 e. The first-order valence-electron chi connectivity index (χ1n) is 8.59. The van der Waals surface area contributed by atoms with Crippen LogP contribution in [0.1, 0.15) is 5.56 Å². The molecule has 0 aliphatic rings. The number of nitrogens with one attached hydrogen (secondary N) is 1. The normalized spacial score (nSPS) is 10.6. The quantitative estimate of drug-likeness (QED) is 0.514. The van der Waals surface area contributed by atoms with E-state index in [4.69, 9.17) is 9.47 Å². The van der Waals surface area contributed by atoms with Gasteiger partial charge < -0.3 is 14.8 Å². The average Bonchev–Trinajstić information content (AvgIpc) is 2.72. The van der Waals surface area contributed by atoms with Crippen molar-refractivity contribution in [1.29, 1.82) is 0 Å². The molecule has 0 radical (unpaired) electrons. The lowest BCUT2D eigenvalue weighted by Crippen LogP contribution is -2.20. The van der Waals surface area contributed by atoms with Crippen LogP contribution >= 0.6 is 15.9 Å². The number of anilines is 1. The number of ether oxygens (including phenoxy) is 2. The van der Waals surface area contributed by atoms with Gasteiger partial charge in [-0.2, -0.15) is 0 Å². The summed E-state index contributed by atoms with van der Waals surface area (Å²) in [6.45, 7) is -0.0937. The van der Waals surface area contributed by atoms with Gasteiger partial charge in [0.1, 0.15) is 11.5 Å². The summed E-state index contributed by atoms with van der Waals surface area (Å²) < 4.78 is 11.7. The molecule has 0 aromatic heterocycles. The minimum absolute atomic E-state index is 0.0937. The van der Waals surface area contributed by atoms with Gasteiger partial charge in [-0.3, -0.25) is 9.79 Å². The molecule has 0 saturated carbocycles. The first-order chi connectivity index (χ1) is 13.6. The van der Waals surface area contributed by atoms with E-state index in [-0.39, 0.29) is 12.5 Å². The van der Waals surface area contributed by atoms with E-state index in [0.29, 0.717) is 17.2 Å². The maximum atomic E-state index is 12.1. The molecule has 0 fully saturated rings. The van der Waals surface area contributed by atoms with Crippen LogP contribution in [0.4, 0.5) is 11.4 Å². The second kappa shape index (κ2) is 9.71. The topological polar surface area (TPSA) is 59.9 Å². The standard InChI is InChI=1S/C22H19BrN2O3/c1-27-21-8-3-2-7-20(21)25-22(26)15-28-19-11-9-16(10-12-19)14-24-18-6-4-5-17(23)13-18/h2-14H,15H2,1H3,(H,25,26). The van der Waals surface area contributed by atoms with Gasteiger partial charge in [-0.25, -0.2) is 0 Å². The summed E-state index contributed by atoms with van der Waals surface area (Å²) in [7, 11) is 1.56. The zero-order valence-electron chi connectivity index (χ0n) is 15.3. The van der Waals surface area contributed by atoms with Crippen molar-refractivity contribution in [3.8, 4) is 11.5 Å². The number of hydrogen-bond acceptors (Lipinski definition) is 4. The summed E-state index contributed by atoms with van der Waals surface area (Å²) in [6.07, 6.45) is 1.78. The van der Waals surface area contributed by atoms with E-state index >= 15 is 0 Å². The molecule has 6 heteroatoms. The van der Waals surface area contributed by atoms with Crippen molar-refractivity contribution in [1.82, 2.24) is 0 Å². The van der Waals surface area contributed by atoms with Gasteiger partial charge in [0.05, 0.1) is 18.5 Å². The largest absolute Gasteiger partial charge is 0.495 e. The lowest BCUT2D eigenvalue weighted by Gasteiger charge is -2.10. The summed E-state index contributed by atoms with van der Waals surface area (Å²) in [4.78, 5) is 16.5. The van der Waals surface area contributed by atoms with Gasteiger partial charge in [0.2, 0.25) is 0 Å². The second-order valence-electron chi connectivity index (χ2n) is 5.84. The number of amides is 1. The molecule has 3 aromatic rings. The van der Waals surface area contributed by atoms with Gasteiger partial charge in [-0.05, 0) is 60.2 Å². The van der Waals surface area contributed by atoms with Crippen LogP contribution in [0.2, 0.25) is 0 Å². The molecule has 0 atom stereocenters. The monoisotopic (exact) mass is 438 g/mol.